The SMILES string of the molecule is COc1cccc(/C=C/C(=O)NCc2ccc(Cl)cc2)c1OC(F)F. The minimum atomic E-state index is -3.00. The number of carbonyl (C=O) groups excluding carboxylic acids is 1. The van der Waals surface area contributed by atoms with Gasteiger partial charge in [0.05, 0.1) is 7.11 Å². The smallest absolute Gasteiger partial charge is 0.387 e. The fourth-order valence-corrected chi connectivity index (χ4v) is 2.18. The number of amides is 1. The van der Waals surface area contributed by atoms with Crippen LogP contribution in [0.3, 0.4) is 0 Å². The minimum absolute atomic E-state index is 0.123. The second-order valence-corrected chi connectivity index (χ2v) is 5.37. The molecule has 0 aliphatic rings. The van der Waals surface area contributed by atoms with Crippen molar-refractivity contribution in [2.45, 2.75) is 13.2 Å². The van der Waals surface area contributed by atoms with Crippen molar-refractivity contribution in [2.75, 3.05) is 7.11 Å². The van der Waals surface area contributed by atoms with Crippen LogP contribution in [0.1, 0.15) is 11.1 Å². The predicted molar refractivity (Wildman–Crippen MR) is 92.0 cm³/mol. The molecule has 0 saturated carbocycles. The molecule has 0 aliphatic carbocycles. The molecule has 132 valence electrons. The van der Waals surface area contributed by atoms with Crippen LogP contribution in [0.2, 0.25) is 5.02 Å². The molecule has 0 atom stereocenters. The van der Waals surface area contributed by atoms with Gasteiger partial charge in [0, 0.05) is 23.2 Å². The van der Waals surface area contributed by atoms with E-state index < -0.39 is 6.61 Å². The molecular formula is C18H16ClF2NO3. The Bertz CT molecular complexity index is 748. The van der Waals surface area contributed by atoms with Crippen molar-refractivity contribution < 1.29 is 23.0 Å². The van der Waals surface area contributed by atoms with Crippen LogP contribution in [-0.4, -0.2) is 19.6 Å². The number of halogens is 3. The number of alkyl halides is 2. The second-order valence-electron chi connectivity index (χ2n) is 4.93. The number of para-hydroxylation sites is 1. The van der Waals surface area contributed by atoms with Gasteiger partial charge in [-0.15, -0.1) is 0 Å². The van der Waals surface area contributed by atoms with Crippen molar-refractivity contribution in [1.82, 2.24) is 5.32 Å². The molecule has 0 unspecified atom stereocenters. The standard InChI is InChI=1S/C18H16ClF2NO3/c1-24-15-4-2-3-13(17(15)25-18(20)21)7-10-16(23)22-11-12-5-8-14(19)9-6-12/h2-10,18H,11H2,1H3,(H,22,23)/b10-7+. The number of methoxy groups -OCH3 is 1. The van der Waals surface area contributed by atoms with Crippen molar-refractivity contribution in [3.8, 4) is 11.5 Å². The maximum Gasteiger partial charge on any atom is 0.387 e. The van der Waals surface area contributed by atoms with E-state index in [-0.39, 0.29) is 17.4 Å². The molecular weight excluding hydrogens is 352 g/mol. The Kier molecular flexibility index (Phi) is 6.77. The molecule has 7 heteroatoms. The Hall–Kier alpha value is -2.60. The van der Waals surface area contributed by atoms with Crippen LogP contribution in [0.5, 0.6) is 11.5 Å². The lowest BCUT2D eigenvalue weighted by Gasteiger charge is -2.12. The average molecular weight is 368 g/mol. The van der Waals surface area contributed by atoms with Gasteiger partial charge in [-0.1, -0.05) is 35.9 Å². The van der Waals surface area contributed by atoms with E-state index in [0.717, 1.165) is 5.56 Å². The van der Waals surface area contributed by atoms with Gasteiger partial charge >= 0.3 is 6.61 Å². The Balaban J connectivity index is 2.04. The summed E-state index contributed by atoms with van der Waals surface area (Å²) in [5.41, 5.74) is 1.19. The van der Waals surface area contributed by atoms with E-state index in [9.17, 15) is 13.6 Å². The summed E-state index contributed by atoms with van der Waals surface area (Å²) in [7, 11) is 1.35. The van der Waals surface area contributed by atoms with Crippen LogP contribution in [0, 0.1) is 0 Å². The van der Waals surface area contributed by atoms with Gasteiger partial charge in [-0.05, 0) is 29.8 Å². The maximum absolute atomic E-state index is 12.6. The minimum Gasteiger partial charge on any atom is -0.493 e. The highest BCUT2D eigenvalue weighted by atomic mass is 35.5. The summed E-state index contributed by atoms with van der Waals surface area (Å²) in [5, 5.41) is 3.30. The van der Waals surface area contributed by atoms with Crippen LogP contribution in [-0.2, 0) is 11.3 Å². The lowest BCUT2D eigenvalue weighted by molar-refractivity contribution is -0.116. The molecule has 0 radical (unpaired) electrons. The van der Waals surface area contributed by atoms with Crippen molar-refractivity contribution >= 4 is 23.6 Å². The first-order chi connectivity index (χ1) is 12.0. The predicted octanol–water partition coefficient (Wildman–Crippen LogP) is 4.28. The summed E-state index contributed by atoms with van der Waals surface area (Å²) >= 11 is 5.79. The van der Waals surface area contributed by atoms with Crippen LogP contribution in [0.15, 0.2) is 48.5 Å². The van der Waals surface area contributed by atoms with Gasteiger partial charge in [0.2, 0.25) is 5.91 Å². The van der Waals surface area contributed by atoms with E-state index in [0.29, 0.717) is 17.1 Å². The summed E-state index contributed by atoms with van der Waals surface area (Å²) in [6.45, 7) is -2.68. The highest BCUT2D eigenvalue weighted by molar-refractivity contribution is 6.30. The monoisotopic (exact) mass is 367 g/mol. The first kappa shape index (κ1) is 18.7. The summed E-state index contributed by atoms with van der Waals surface area (Å²) < 4.78 is 34.6. The van der Waals surface area contributed by atoms with E-state index in [1.807, 2.05) is 0 Å². The number of carbonyl (C=O) groups is 1. The number of hydrogen-bond donors (Lipinski definition) is 1. The Labute approximate surface area is 149 Å². The number of hydrogen-bond acceptors (Lipinski definition) is 3. The van der Waals surface area contributed by atoms with Gasteiger partial charge in [-0.3, -0.25) is 4.79 Å². The third kappa shape index (κ3) is 5.76. The van der Waals surface area contributed by atoms with Gasteiger partial charge in [-0.2, -0.15) is 8.78 Å². The molecule has 2 aromatic carbocycles. The zero-order valence-electron chi connectivity index (χ0n) is 13.3. The number of ether oxygens (including phenoxy) is 2. The number of nitrogens with one attached hydrogen (secondary N) is 1. The topological polar surface area (TPSA) is 47.6 Å². The first-order valence-corrected chi connectivity index (χ1v) is 7.69. The largest absolute Gasteiger partial charge is 0.493 e. The van der Waals surface area contributed by atoms with Gasteiger partial charge in [-0.25, -0.2) is 0 Å². The van der Waals surface area contributed by atoms with Crippen molar-refractivity contribution in [3.63, 3.8) is 0 Å². The fourth-order valence-electron chi connectivity index (χ4n) is 2.06. The lowest BCUT2D eigenvalue weighted by atomic mass is 10.1. The normalized spacial score (nSPS) is 10.9. The third-order valence-electron chi connectivity index (χ3n) is 3.23. The molecule has 0 bridgehead atoms. The summed E-state index contributed by atoms with van der Waals surface area (Å²) in [5.74, 6) is -0.341. The first-order valence-electron chi connectivity index (χ1n) is 7.31. The highest BCUT2D eigenvalue weighted by Crippen LogP contribution is 2.33. The quantitative estimate of drug-likeness (QED) is 0.743. The van der Waals surface area contributed by atoms with Crippen LogP contribution < -0.4 is 14.8 Å². The molecule has 1 N–H and O–H groups in total. The fraction of sp³-hybridized carbons (Fsp3) is 0.167. The van der Waals surface area contributed by atoms with Crippen molar-refractivity contribution in [3.05, 3.63) is 64.7 Å². The zero-order valence-corrected chi connectivity index (χ0v) is 14.1. The van der Waals surface area contributed by atoms with Gasteiger partial charge in [0.1, 0.15) is 0 Å². The number of rotatable bonds is 7. The lowest BCUT2D eigenvalue weighted by Crippen LogP contribution is -2.20. The molecule has 4 nitrogen and oxygen atoms in total. The van der Waals surface area contributed by atoms with E-state index in [1.165, 1.54) is 25.3 Å². The maximum atomic E-state index is 12.6. The second kappa shape index (κ2) is 9.03. The molecule has 0 saturated heterocycles. The molecule has 0 aliphatic heterocycles. The molecule has 2 aromatic rings. The summed E-state index contributed by atoms with van der Waals surface area (Å²) in [4.78, 5) is 11.9. The van der Waals surface area contributed by atoms with Gasteiger partial charge < -0.3 is 14.8 Å². The van der Waals surface area contributed by atoms with Crippen LogP contribution in [0.25, 0.3) is 6.08 Å². The van der Waals surface area contributed by atoms with E-state index >= 15 is 0 Å². The van der Waals surface area contributed by atoms with Crippen molar-refractivity contribution in [2.24, 2.45) is 0 Å². The van der Waals surface area contributed by atoms with Gasteiger partial charge in [0.25, 0.3) is 0 Å². The van der Waals surface area contributed by atoms with E-state index in [1.54, 1.807) is 36.4 Å². The Morgan fingerprint density at radius 2 is 1.96 bits per heavy atom. The summed E-state index contributed by atoms with van der Waals surface area (Å²) in [6.07, 6.45) is 2.63. The van der Waals surface area contributed by atoms with Crippen LogP contribution >= 0.6 is 11.6 Å². The Morgan fingerprint density at radius 3 is 2.60 bits per heavy atom. The van der Waals surface area contributed by atoms with Crippen molar-refractivity contribution in [1.29, 1.82) is 0 Å². The van der Waals surface area contributed by atoms with E-state index in [4.69, 9.17) is 16.3 Å². The summed E-state index contributed by atoms with van der Waals surface area (Å²) in [6, 6.07) is 11.7. The van der Waals surface area contributed by atoms with E-state index in [2.05, 4.69) is 10.1 Å². The molecule has 0 fully saturated rings. The molecule has 1 amide bonds. The van der Waals surface area contributed by atoms with Crippen LogP contribution in [0.4, 0.5) is 8.78 Å². The zero-order chi connectivity index (χ0) is 18.2. The Morgan fingerprint density at radius 1 is 1.24 bits per heavy atom. The molecule has 25 heavy (non-hydrogen) atoms. The molecule has 0 aromatic heterocycles. The molecule has 0 heterocycles. The highest BCUT2D eigenvalue weighted by Gasteiger charge is 2.13. The van der Waals surface area contributed by atoms with Gasteiger partial charge in [0.15, 0.2) is 11.5 Å². The average Bonchev–Trinajstić information content (AvgIpc) is 2.59. The molecule has 0 spiro atoms. The molecule has 2 rings (SSSR count). The third-order valence-corrected chi connectivity index (χ3v) is 3.48. The number of benzene rings is 2.